The number of piperidine rings is 1. The highest BCUT2D eigenvalue weighted by Crippen LogP contribution is 2.28. The first-order valence-corrected chi connectivity index (χ1v) is 11.7. The summed E-state index contributed by atoms with van der Waals surface area (Å²) in [4.78, 5) is 28.1. The molecule has 2 N–H and O–H groups in total. The van der Waals surface area contributed by atoms with Crippen LogP contribution in [0.5, 0.6) is 0 Å². The van der Waals surface area contributed by atoms with E-state index in [9.17, 15) is 9.59 Å². The summed E-state index contributed by atoms with van der Waals surface area (Å²) >= 11 is 3.40. The summed E-state index contributed by atoms with van der Waals surface area (Å²) in [5.74, 6) is -0.361. The van der Waals surface area contributed by atoms with Crippen molar-refractivity contribution >= 4 is 39.1 Å². The first-order valence-electron chi connectivity index (χ1n) is 10.9. The van der Waals surface area contributed by atoms with Crippen LogP contribution in [-0.4, -0.2) is 24.9 Å². The van der Waals surface area contributed by atoms with Gasteiger partial charge in [0.15, 0.2) is 0 Å². The molecule has 1 aliphatic rings. The molecule has 1 aliphatic heterocycles. The quantitative estimate of drug-likeness (QED) is 0.470. The Labute approximate surface area is 197 Å². The summed E-state index contributed by atoms with van der Waals surface area (Å²) in [5, 5.41) is 5.96. The van der Waals surface area contributed by atoms with Crippen LogP contribution in [0.15, 0.2) is 77.3 Å². The standard InChI is InChI=1S/C26H26BrN3O2/c27-21-11-7-10-20(16-21)25(31)29-22-12-13-24(30-14-5-2-6-15-30)23(17-22)26(32)28-18-19-8-3-1-4-9-19/h1,3-4,7-13,16-17H,2,5-6,14-15,18H2,(H,28,32)(H,29,31). The number of hydrogen-bond donors (Lipinski definition) is 2. The Morgan fingerprint density at radius 3 is 2.38 bits per heavy atom. The van der Waals surface area contributed by atoms with E-state index in [1.165, 1.54) is 6.42 Å². The number of carbonyl (C=O) groups excluding carboxylic acids is 2. The fraction of sp³-hybridized carbons (Fsp3) is 0.231. The highest BCUT2D eigenvalue weighted by Gasteiger charge is 2.20. The average molecular weight is 492 g/mol. The number of halogens is 1. The number of hydrogen-bond acceptors (Lipinski definition) is 3. The van der Waals surface area contributed by atoms with Crippen molar-refractivity contribution in [2.24, 2.45) is 0 Å². The first-order chi connectivity index (χ1) is 15.6. The maximum absolute atomic E-state index is 13.2. The molecule has 0 atom stereocenters. The molecule has 0 unspecified atom stereocenters. The van der Waals surface area contributed by atoms with Crippen LogP contribution in [0.25, 0.3) is 0 Å². The van der Waals surface area contributed by atoms with Crippen LogP contribution < -0.4 is 15.5 Å². The summed E-state index contributed by atoms with van der Waals surface area (Å²) in [6.45, 7) is 2.32. The van der Waals surface area contributed by atoms with Gasteiger partial charge in [0.05, 0.1) is 5.56 Å². The zero-order valence-corrected chi connectivity index (χ0v) is 19.4. The van der Waals surface area contributed by atoms with Crippen molar-refractivity contribution in [3.63, 3.8) is 0 Å². The molecule has 0 aliphatic carbocycles. The van der Waals surface area contributed by atoms with E-state index in [2.05, 4.69) is 31.5 Å². The normalized spacial score (nSPS) is 13.5. The number of amides is 2. The van der Waals surface area contributed by atoms with Crippen molar-refractivity contribution in [2.75, 3.05) is 23.3 Å². The zero-order valence-electron chi connectivity index (χ0n) is 17.8. The van der Waals surface area contributed by atoms with Crippen molar-refractivity contribution in [1.82, 2.24) is 5.32 Å². The maximum atomic E-state index is 13.2. The lowest BCUT2D eigenvalue weighted by atomic mass is 10.1. The van der Waals surface area contributed by atoms with Crippen LogP contribution in [0.2, 0.25) is 0 Å². The molecular weight excluding hydrogens is 466 g/mol. The topological polar surface area (TPSA) is 61.4 Å². The van der Waals surface area contributed by atoms with Gasteiger partial charge in [-0.2, -0.15) is 0 Å². The van der Waals surface area contributed by atoms with Gasteiger partial charge in [-0.15, -0.1) is 0 Å². The van der Waals surface area contributed by atoms with Crippen molar-refractivity contribution in [3.8, 4) is 0 Å². The number of nitrogens with one attached hydrogen (secondary N) is 2. The minimum Gasteiger partial charge on any atom is -0.371 e. The zero-order chi connectivity index (χ0) is 22.3. The second-order valence-corrected chi connectivity index (χ2v) is 8.83. The molecule has 0 spiro atoms. The van der Waals surface area contributed by atoms with Gasteiger partial charge in [0, 0.05) is 41.0 Å². The molecule has 1 heterocycles. The lowest BCUT2D eigenvalue weighted by Crippen LogP contribution is -2.32. The SMILES string of the molecule is O=C(Nc1ccc(N2CCCCC2)c(C(=O)NCc2ccccc2)c1)c1cccc(Br)c1. The van der Waals surface area contributed by atoms with Gasteiger partial charge >= 0.3 is 0 Å². The fourth-order valence-corrected chi connectivity index (χ4v) is 4.31. The van der Waals surface area contributed by atoms with Crippen LogP contribution in [0, 0.1) is 0 Å². The van der Waals surface area contributed by atoms with Gasteiger partial charge in [-0.3, -0.25) is 9.59 Å². The lowest BCUT2D eigenvalue weighted by molar-refractivity contribution is 0.0950. The molecule has 3 aromatic rings. The molecule has 3 aromatic carbocycles. The van der Waals surface area contributed by atoms with Crippen LogP contribution in [0.4, 0.5) is 11.4 Å². The van der Waals surface area contributed by atoms with E-state index >= 15 is 0 Å². The van der Waals surface area contributed by atoms with E-state index in [1.54, 1.807) is 18.2 Å². The second kappa shape index (κ2) is 10.5. The Morgan fingerprint density at radius 1 is 0.844 bits per heavy atom. The van der Waals surface area contributed by atoms with Gasteiger partial charge in [0.2, 0.25) is 0 Å². The summed E-state index contributed by atoms with van der Waals surface area (Å²) in [6, 6.07) is 22.7. The van der Waals surface area contributed by atoms with E-state index in [1.807, 2.05) is 54.6 Å². The molecule has 5 nitrogen and oxygen atoms in total. The largest absolute Gasteiger partial charge is 0.371 e. The van der Waals surface area contributed by atoms with Crippen LogP contribution in [0.3, 0.4) is 0 Å². The van der Waals surface area contributed by atoms with Gasteiger partial charge in [0.1, 0.15) is 0 Å². The molecule has 0 radical (unpaired) electrons. The third-order valence-corrected chi connectivity index (χ3v) is 6.07. The molecule has 2 amide bonds. The van der Waals surface area contributed by atoms with E-state index in [4.69, 9.17) is 0 Å². The molecule has 0 aromatic heterocycles. The molecule has 4 rings (SSSR count). The Bertz CT molecular complexity index is 1100. The lowest BCUT2D eigenvalue weighted by Gasteiger charge is -2.30. The van der Waals surface area contributed by atoms with Gasteiger partial charge in [0.25, 0.3) is 11.8 Å². The Morgan fingerprint density at radius 2 is 1.62 bits per heavy atom. The van der Waals surface area contributed by atoms with Crippen molar-refractivity contribution < 1.29 is 9.59 Å². The third-order valence-electron chi connectivity index (χ3n) is 5.58. The van der Waals surface area contributed by atoms with Crippen molar-refractivity contribution in [2.45, 2.75) is 25.8 Å². The Balaban J connectivity index is 1.57. The molecular formula is C26H26BrN3O2. The molecule has 164 valence electrons. The monoisotopic (exact) mass is 491 g/mol. The number of rotatable bonds is 6. The third kappa shape index (κ3) is 5.56. The highest BCUT2D eigenvalue weighted by molar-refractivity contribution is 9.10. The van der Waals surface area contributed by atoms with Gasteiger partial charge in [-0.25, -0.2) is 0 Å². The highest BCUT2D eigenvalue weighted by atomic mass is 79.9. The van der Waals surface area contributed by atoms with Gasteiger partial charge in [-0.1, -0.05) is 52.3 Å². The predicted molar refractivity (Wildman–Crippen MR) is 132 cm³/mol. The minimum atomic E-state index is -0.215. The summed E-state index contributed by atoms with van der Waals surface area (Å²) in [7, 11) is 0. The van der Waals surface area contributed by atoms with Crippen LogP contribution >= 0.6 is 15.9 Å². The molecule has 6 heteroatoms. The molecule has 0 bridgehead atoms. The number of carbonyl (C=O) groups is 2. The maximum Gasteiger partial charge on any atom is 0.255 e. The Hall–Kier alpha value is -3.12. The minimum absolute atomic E-state index is 0.145. The van der Waals surface area contributed by atoms with Crippen LogP contribution in [-0.2, 0) is 6.54 Å². The van der Waals surface area contributed by atoms with Crippen molar-refractivity contribution in [3.05, 3.63) is 94.0 Å². The fourth-order valence-electron chi connectivity index (χ4n) is 3.91. The van der Waals surface area contributed by atoms with Crippen LogP contribution in [0.1, 0.15) is 45.5 Å². The van der Waals surface area contributed by atoms with E-state index < -0.39 is 0 Å². The first kappa shape index (κ1) is 22.1. The number of nitrogens with zero attached hydrogens (tertiary/aromatic N) is 1. The van der Waals surface area contributed by atoms with E-state index in [-0.39, 0.29) is 11.8 Å². The van der Waals surface area contributed by atoms with E-state index in [0.717, 1.165) is 41.7 Å². The molecule has 0 saturated carbocycles. The van der Waals surface area contributed by atoms with E-state index in [0.29, 0.717) is 23.4 Å². The second-order valence-electron chi connectivity index (χ2n) is 7.91. The number of anilines is 2. The molecule has 1 saturated heterocycles. The smallest absolute Gasteiger partial charge is 0.255 e. The van der Waals surface area contributed by atoms with Gasteiger partial charge in [-0.05, 0) is 61.2 Å². The van der Waals surface area contributed by atoms with Gasteiger partial charge < -0.3 is 15.5 Å². The number of benzene rings is 3. The molecule has 1 fully saturated rings. The van der Waals surface area contributed by atoms with Crippen molar-refractivity contribution in [1.29, 1.82) is 0 Å². The molecule has 32 heavy (non-hydrogen) atoms. The predicted octanol–water partition coefficient (Wildman–Crippen LogP) is 5.62. The Kier molecular flexibility index (Phi) is 7.22. The summed E-state index contributed by atoms with van der Waals surface area (Å²) in [6.07, 6.45) is 3.45. The summed E-state index contributed by atoms with van der Waals surface area (Å²) in [5.41, 5.74) is 3.68. The average Bonchev–Trinajstić information content (AvgIpc) is 2.83. The summed E-state index contributed by atoms with van der Waals surface area (Å²) < 4.78 is 0.839.